The smallest absolute Gasteiger partial charge is 0.255 e. The predicted octanol–water partition coefficient (Wildman–Crippen LogP) is 6.62. The Morgan fingerprint density at radius 3 is 2.51 bits per heavy atom. The predicted molar refractivity (Wildman–Crippen MR) is 160 cm³/mol. The number of unbranched alkanes of at least 4 members (excludes halogenated alkanes) is 2. The fourth-order valence-electron chi connectivity index (χ4n) is 4.62. The van der Waals surface area contributed by atoms with E-state index in [0.29, 0.717) is 38.8 Å². The Balaban J connectivity index is 1.70. The molecule has 1 unspecified atom stereocenters. The van der Waals surface area contributed by atoms with Gasteiger partial charge in [0.2, 0.25) is 5.79 Å². The van der Waals surface area contributed by atoms with E-state index < -0.39 is 25.2 Å². The molecule has 0 radical (unpaired) electrons. The third kappa shape index (κ3) is 9.13. The highest BCUT2D eigenvalue weighted by Crippen LogP contribution is 2.37. The van der Waals surface area contributed by atoms with Crippen LogP contribution < -0.4 is 0 Å². The number of hydrogen-bond acceptors (Lipinski definition) is 8. The van der Waals surface area contributed by atoms with Crippen LogP contribution in [0.5, 0.6) is 0 Å². The summed E-state index contributed by atoms with van der Waals surface area (Å²) in [5.74, 6) is 0.477. The number of hydrogen-bond donors (Lipinski definition) is 0. The maximum absolute atomic E-state index is 13.6. The van der Waals surface area contributed by atoms with Crippen molar-refractivity contribution in [2.75, 3.05) is 26.4 Å². The number of halogens is 1. The second-order valence-corrected chi connectivity index (χ2v) is 20.8. The molecule has 0 amide bonds. The van der Waals surface area contributed by atoms with Crippen LogP contribution in [0.25, 0.3) is 0 Å². The average molecular weight is 648 g/mol. The maximum atomic E-state index is 13.6. The standard InChI is InChI=1S/C27H47BrN4O5SSi/c1-8-32(38(33)26(2,3)4)22(24-30-20-23(28)31(24)21-34-18-19-39(5,6)7)12-10-9-11-13-27(36-16-17-37-27)25-29-14-15-35-25/h14-15,20,22H,8-13,16-19,21H2,1-7H3/t22-,38?/m1/s1. The van der Waals surface area contributed by atoms with Crippen LogP contribution >= 0.6 is 15.9 Å². The Kier molecular flexibility index (Phi) is 12.1. The van der Waals surface area contributed by atoms with Crippen LogP contribution in [0, 0.1) is 0 Å². The lowest BCUT2D eigenvalue weighted by molar-refractivity contribution is -0.187. The number of rotatable bonds is 16. The van der Waals surface area contributed by atoms with E-state index in [1.54, 1.807) is 12.5 Å². The molecule has 2 atom stereocenters. The molecule has 3 rings (SSSR count). The summed E-state index contributed by atoms with van der Waals surface area (Å²) in [6.45, 7) is 18.1. The summed E-state index contributed by atoms with van der Waals surface area (Å²) in [6.07, 6.45) is 9.28. The molecule has 0 spiro atoms. The maximum Gasteiger partial charge on any atom is 0.255 e. The van der Waals surface area contributed by atoms with Gasteiger partial charge in [0.1, 0.15) is 34.2 Å². The molecule has 0 saturated carbocycles. The topological polar surface area (TPSA) is 97.8 Å². The van der Waals surface area contributed by atoms with Gasteiger partial charge in [0.05, 0.1) is 25.6 Å². The third-order valence-electron chi connectivity index (χ3n) is 6.74. The summed E-state index contributed by atoms with van der Waals surface area (Å²) in [7, 11) is -1.18. The molecule has 39 heavy (non-hydrogen) atoms. The quantitative estimate of drug-likeness (QED) is 0.114. The second-order valence-electron chi connectivity index (χ2n) is 12.2. The van der Waals surface area contributed by atoms with Crippen molar-refractivity contribution in [2.24, 2.45) is 0 Å². The summed E-state index contributed by atoms with van der Waals surface area (Å²) < 4.78 is 41.8. The summed E-state index contributed by atoms with van der Waals surface area (Å²) in [4.78, 5) is 9.08. The van der Waals surface area contributed by atoms with Crippen LogP contribution in [0.4, 0.5) is 0 Å². The number of nitrogens with zero attached hydrogens (tertiary/aromatic N) is 4. The molecule has 1 aliphatic rings. The van der Waals surface area contributed by atoms with Crippen LogP contribution in [-0.4, -0.2) is 62.6 Å². The Morgan fingerprint density at radius 2 is 1.92 bits per heavy atom. The highest BCUT2D eigenvalue weighted by Gasteiger charge is 2.43. The molecule has 0 bridgehead atoms. The molecule has 12 heteroatoms. The van der Waals surface area contributed by atoms with Gasteiger partial charge in [-0.2, -0.15) is 0 Å². The number of imidazole rings is 1. The van der Waals surface area contributed by atoms with Crippen LogP contribution in [0.15, 0.2) is 27.7 Å². The Hall–Kier alpha value is -0.733. The molecule has 0 aliphatic carbocycles. The molecule has 1 aliphatic heterocycles. The van der Waals surface area contributed by atoms with Crippen molar-refractivity contribution >= 4 is 35.4 Å². The monoisotopic (exact) mass is 646 g/mol. The molecular weight excluding hydrogens is 600 g/mol. The van der Waals surface area contributed by atoms with Gasteiger partial charge in [-0.15, -0.1) is 4.31 Å². The minimum absolute atomic E-state index is 0.110. The van der Waals surface area contributed by atoms with Gasteiger partial charge in [0.25, 0.3) is 5.89 Å². The van der Waals surface area contributed by atoms with Crippen molar-refractivity contribution < 1.29 is 23.2 Å². The first-order valence-corrected chi connectivity index (χ1v) is 19.6. The lowest BCUT2D eigenvalue weighted by atomic mass is 10.0. The first kappa shape index (κ1) is 32.8. The molecule has 1 fully saturated rings. The lowest BCUT2D eigenvalue weighted by Gasteiger charge is -2.36. The van der Waals surface area contributed by atoms with E-state index >= 15 is 0 Å². The van der Waals surface area contributed by atoms with Gasteiger partial charge in [-0.1, -0.05) is 32.5 Å². The minimum Gasteiger partial charge on any atom is -0.597 e. The van der Waals surface area contributed by atoms with Crippen molar-refractivity contribution in [2.45, 2.75) is 109 Å². The highest BCUT2D eigenvalue weighted by molar-refractivity contribution is 9.10. The van der Waals surface area contributed by atoms with E-state index in [0.717, 1.165) is 48.8 Å². The van der Waals surface area contributed by atoms with Gasteiger partial charge >= 0.3 is 0 Å². The molecule has 0 N–H and O–H groups in total. The Morgan fingerprint density at radius 1 is 1.21 bits per heavy atom. The van der Waals surface area contributed by atoms with E-state index in [9.17, 15) is 4.55 Å². The zero-order valence-electron chi connectivity index (χ0n) is 24.7. The first-order valence-electron chi connectivity index (χ1n) is 14.0. The van der Waals surface area contributed by atoms with Crippen molar-refractivity contribution in [3.05, 3.63) is 35.0 Å². The van der Waals surface area contributed by atoms with Crippen molar-refractivity contribution in [3.8, 4) is 0 Å². The largest absolute Gasteiger partial charge is 0.597 e. The zero-order valence-corrected chi connectivity index (χ0v) is 28.1. The van der Waals surface area contributed by atoms with Crippen LogP contribution in [0.2, 0.25) is 25.7 Å². The Labute approximate surface area is 246 Å². The highest BCUT2D eigenvalue weighted by atomic mass is 79.9. The number of aromatic nitrogens is 3. The molecule has 2 aromatic rings. The average Bonchev–Trinajstić information content (AvgIpc) is 3.62. The fraction of sp³-hybridized carbons (Fsp3) is 0.778. The normalized spacial score (nSPS) is 17.7. The third-order valence-corrected chi connectivity index (χ3v) is 11.1. The minimum atomic E-state index is -1.19. The summed E-state index contributed by atoms with van der Waals surface area (Å²) >= 11 is 2.48. The number of oxazole rings is 1. The van der Waals surface area contributed by atoms with Gasteiger partial charge in [0.15, 0.2) is 0 Å². The van der Waals surface area contributed by atoms with Gasteiger partial charge in [0, 0.05) is 39.0 Å². The molecule has 1 saturated heterocycles. The SMILES string of the molecule is CCN([C@H](CCCCCC1(c2ncco2)OCCO1)c1ncc(Br)n1COCC[Si](C)(C)C)[S+]([O-])C(C)(C)C. The van der Waals surface area contributed by atoms with Gasteiger partial charge in [-0.3, -0.25) is 4.57 Å². The van der Waals surface area contributed by atoms with E-state index in [4.69, 9.17) is 23.6 Å². The number of ether oxygens (including phenoxy) is 3. The van der Waals surface area contributed by atoms with E-state index in [1.807, 2.05) is 27.0 Å². The molecule has 3 heterocycles. The lowest BCUT2D eigenvalue weighted by Crippen LogP contribution is -2.45. The Bertz CT molecular complexity index is 989. The molecule has 2 aromatic heterocycles. The van der Waals surface area contributed by atoms with Crippen LogP contribution in [0.3, 0.4) is 0 Å². The summed E-state index contributed by atoms with van der Waals surface area (Å²) in [5, 5.41) is 0. The summed E-state index contributed by atoms with van der Waals surface area (Å²) in [6, 6.07) is 0.997. The van der Waals surface area contributed by atoms with Crippen LogP contribution in [-0.2, 0) is 38.1 Å². The van der Waals surface area contributed by atoms with Crippen LogP contribution in [0.1, 0.15) is 77.6 Å². The molecule has 222 valence electrons. The van der Waals surface area contributed by atoms with E-state index in [2.05, 4.69) is 56.4 Å². The second kappa shape index (κ2) is 14.4. The van der Waals surface area contributed by atoms with E-state index in [-0.39, 0.29) is 10.8 Å². The van der Waals surface area contributed by atoms with Gasteiger partial charge in [-0.25, -0.2) is 9.97 Å². The van der Waals surface area contributed by atoms with E-state index in [1.165, 1.54) is 0 Å². The van der Waals surface area contributed by atoms with Gasteiger partial charge < -0.3 is 23.2 Å². The molecule has 9 nitrogen and oxygen atoms in total. The first-order chi connectivity index (χ1) is 18.4. The fourth-order valence-corrected chi connectivity index (χ4v) is 7.13. The van der Waals surface area contributed by atoms with Crippen molar-refractivity contribution in [1.82, 2.24) is 18.8 Å². The molecular formula is C27H47BrN4O5SSi. The van der Waals surface area contributed by atoms with Crippen molar-refractivity contribution in [1.29, 1.82) is 0 Å². The summed E-state index contributed by atoms with van der Waals surface area (Å²) in [5.41, 5.74) is 0. The zero-order chi connectivity index (χ0) is 28.7. The van der Waals surface area contributed by atoms with Crippen molar-refractivity contribution in [3.63, 3.8) is 0 Å². The van der Waals surface area contributed by atoms with Gasteiger partial charge in [-0.05, 0) is 62.5 Å². The molecule has 0 aromatic carbocycles.